The lowest BCUT2D eigenvalue weighted by Crippen LogP contribution is -2.35. The number of hydrogen-bond donors (Lipinski definition) is 0. The normalized spacial score (nSPS) is 18.8. The van der Waals surface area contributed by atoms with Gasteiger partial charge >= 0.3 is 0 Å². The van der Waals surface area contributed by atoms with Gasteiger partial charge in [0, 0.05) is 24.5 Å². The molecule has 0 amide bonds. The third kappa shape index (κ3) is 5.35. The van der Waals surface area contributed by atoms with Crippen molar-refractivity contribution in [1.82, 2.24) is 4.90 Å². The third-order valence-corrected chi connectivity index (χ3v) is 3.99. The molecule has 1 aliphatic rings. The van der Waals surface area contributed by atoms with Gasteiger partial charge in [-0.25, -0.2) is 0 Å². The van der Waals surface area contributed by atoms with Crippen LogP contribution in [0.1, 0.15) is 46.5 Å². The monoisotopic (exact) mass is 275 g/mol. The molecule has 0 aromatic carbocycles. The van der Waals surface area contributed by atoms with Crippen LogP contribution in [-0.2, 0) is 0 Å². The van der Waals surface area contributed by atoms with Crippen LogP contribution in [0.2, 0.25) is 0 Å². The molecule has 1 aliphatic carbocycles. The second-order valence-electron chi connectivity index (χ2n) is 5.39. The van der Waals surface area contributed by atoms with Crippen LogP contribution in [0, 0.1) is 11.8 Å². The summed E-state index contributed by atoms with van der Waals surface area (Å²) in [6.45, 7) is 9.55. The van der Waals surface area contributed by atoms with Crippen molar-refractivity contribution in [2.75, 3.05) is 18.4 Å². The van der Waals surface area contributed by atoms with E-state index in [-0.39, 0.29) is 0 Å². The van der Waals surface area contributed by atoms with Gasteiger partial charge < -0.3 is 0 Å². The van der Waals surface area contributed by atoms with Crippen molar-refractivity contribution in [1.29, 1.82) is 0 Å². The first-order chi connectivity index (χ1) is 7.17. The van der Waals surface area contributed by atoms with Crippen LogP contribution in [0.15, 0.2) is 0 Å². The smallest absolute Gasteiger partial charge is 0.00966 e. The zero-order chi connectivity index (χ0) is 11.3. The summed E-state index contributed by atoms with van der Waals surface area (Å²) in [5, 5.41) is 1.17. The molecule has 0 radical (unpaired) electrons. The van der Waals surface area contributed by atoms with Gasteiger partial charge in [-0.15, -0.1) is 0 Å². The van der Waals surface area contributed by atoms with E-state index in [4.69, 9.17) is 0 Å². The lowest BCUT2D eigenvalue weighted by Gasteiger charge is -2.28. The summed E-state index contributed by atoms with van der Waals surface area (Å²) in [4.78, 5) is 2.73. The van der Waals surface area contributed by atoms with E-state index >= 15 is 0 Å². The minimum Gasteiger partial charge on any atom is -0.300 e. The Morgan fingerprint density at radius 2 is 1.93 bits per heavy atom. The summed E-state index contributed by atoms with van der Waals surface area (Å²) < 4.78 is 0. The van der Waals surface area contributed by atoms with Gasteiger partial charge in [0.25, 0.3) is 0 Å². The van der Waals surface area contributed by atoms with Crippen molar-refractivity contribution < 1.29 is 0 Å². The Hall–Kier alpha value is 0.440. The van der Waals surface area contributed by atoms with Crippen molar-refractivity contribution in [2.45, 2.75) is 52.5 Å². The summed E-state index contributed by atoms with van der Waals surface area (Å²) >= 11 is 3.65. The molecule has 2 heteroatoms. The Morgan fingerprint density at radius 3 is 2.33 bits per heavy atom. The molecule has 1 rings (SSSR count). The lowest BCUT2D eigenvalue weighted by molar-refractivity contribution is 0.202. The molecule has 1 saturated carbocycles. The fraction of sp³-hybridized carbons (Fsp3) is 1.00. The second kappa shape index (κ2) is 6.90. The number of rotatable bonds is 8. The summed E-state index contributed by atoms with van der Waals surface area (Å²) in [5.74, 6) is 1.66. The molecule has 0 saturated heterocycles. The van der Waals surface area contributed by atoms with Gasteiger partial charge in [0.1, 0.15) is 0 Å². The van der Waals surface area contributed by atoms with E-state index < -0.39 is 0 Å². The maximum absolute atomic E-state index is 3.65. The highest BCUT2D eigenvalue weighted by molar-refractivity contribution is 9.09. The van der Waals surface area contributed by atoms with Crippen LogP contribution in [0.3, 0.4) is 0 Å². The maximum atomic E-state index is 3.65. The van der Waals surface area contributed by atoms with E-state index in [1.807, 2.05) is 0 Å². The van der Waals surface area contributed by atoms with Crippen LogP contribution in [0.4, 0.5) is 0 Å². The first kappa shape index (κ1) is 13.5. The van der Waals surface area contributed by atoms with Crippen molar-refractivity contribution in [3.8, 4) is 0 Å². The van der Waals surface area contributed by atoms with E-state index in [9.17, 15) is 0 Å². The fourth-order valence-electron chi connectivity index (χ4n) is 2.24. The van der Waals surface area contributed by atoms with Gasteiger partial charge in [-0.05, 0) is 31.1 Å². The molecule has 0 spiro atoms. The van der Waals surface area contributed by atoms with Crippen molar-refractivity contribution in [2.24, 2.45) is 11.8 Å². The average molecular weight is 276 g/mol. The van der Waals surface area contributed by atoms with Gasteiger partial charge in [0.15, 0.2) is 0 Å². The zero-order valence-electron chi connectivity index (χ0n) is 10.5. The van der Waals surface area contributed by atoms with E-state index in [1.54, 1.807) is 0 Å². The quantitative estimate of drug-likeness (QED) is 0.607. The molecule has 0 aliphatic heterocycles. The topological polar surface area (TPSA) is 3.24 Å². The Kier molecular flexibility index (Phi) is 6.21. The first-order valence-electron chi connectivity index (χ1n) is 6.47. The fourth-order valence-corrected chi connectivity index (χ4v) is 2.77. The summed E-state index contributed by atoms with van der Waals surface area (Å²) in [7, 11) is 0. The maximum Gasteiger partial charge on any atom is 0.00966 e. The third-order valence-electron chi connectivity index (χ3n) is 3.07. The molecule has 0 bridgehead atoms. The Morgan fingerprint density at radius 1 is 1.27 bits per heavy atom. The number of hydrogen-bond acceptors (Lipinski definition) is 1. The molecule has 0 heterocycles. The molecule has 90 valence electrons. The van der Waals surface area contributed by atoms with Gasteiger partial charge in [-0.1, -0.05) is 43.1 Å². The summed E-state index contributed by atoms with van der Waals surface area (Å²) in [5.41, 5.74) is 0. The second-order valence-corrected chi connectivity index (χ2v) is 6.04. The van der Waals surface area contributed by atoms with E-state index in [0.717, 1.165) is 17.9 Å². The van der Waals surface area contributed by atoms with Crippen LogP contribution < -0.4 is 0 Å². The van der Waals surface area contributed by atoms with Crippen molar-refractivity contribution in [3.05, 3.63) is 0 Å². The van der Waals surface area contributed by atoms with Gasteiger partial charge in [0.05, 0.1) is 0 Å². The van der Waals surface area contributed by atoms with Crippen LogP contribution in [0.5, 0.6) is 0 Å². The molecule has 1 nitrogen and oxygen atoms in total. The summed E-state index contributed by atoms with van der Waals surface area (Å²) in [6.07, 6.45) is 5.56. The zero-order valence-corrected chi connectivity index (χ0v) is 12.1. The van der Waals surface area contributed by atoms with Gasteiger partial charge in [0.2, 0.25) is 0 Å². The molecular weight excluding hydrogens is 250 g/mol. The average Bonchev–Trinajstić information content (AvgIpc) is 2.98. The molecule has 1 unspecified atom stereocenters. The minimum absolute atomic E-state index is 0.809. The molecule has 0 aromatic rings. The number of alkyl halides is 1. The van der Waals surface area contributed by atoms with Crippen LogP contribution >= 0.6 is 15.9 Å². The van der Waals surface area contributed by atoms with E-state index in [1.165, 1.54) is 44.1 Å². The molecule has 1 fully saturated rings. The highest BCUT2D eigenvalue weighted by Gasteiger charge is 2.30. The molecule has 15 heavy (non-hydrogen) atoms. The highest BCUT2D eigenvalue weighted by Crippen LogP contribution is 2.29. The lowest BCUT2D eigenvalue weighted by atomic mass is 10.0. The molecular formula is C13H26BrN. The molecule has 1 atom stereocenters. The van der Waals surface area contributed by atoms with Gasteiger partial charge in [-0.2, -0.15) is 0 Å². The van der Waals surface area contributed by atoms with Crippen molar-refractivity contribution in [3.63, 3.8) is 0 Å². The first-order valence-corrected chi connectivity index (χ1v) is 7.59. The predicted molar refractivity (Wildman–Crippen MR) is 71.6 cm³/mol. The summed E-state index contributed by atoms with van der Waals surface area (Å²) in [6, 6.07) is 0.922. The Labute approximate surface area is 104 Å². The van der Waals surface area contributed by atoms with E-state index in [2.05, 4.69) is 41.6 Å². The molecule has 0 N–H and O–H groups in total. The Bertz CT molecular complexity index is 166. The standard InChI is InChI=1S/C13H26BrN/c1-4-5-12(8-14)10-15(9-11(2)3)13-6-7-13/h11-13H,4-10H2,1-3H3. The van der Waals surface area contributed by atoms with Gasteiger partial charge in [-0.3, -0.25) is 4.90 Å². The van der Waals surface area contributed by atoms with Crippen molar-refractivity contribution >= 4 is 15.9 Å². The van der Waals surface area contributed by atoms with E-state index in [0.29, 0.717) is 0 Å². The highest BCUT2D eigenvalue weighted by atomic mass is 79.9. The Balaban J connectivity index is 2.34. The van der Waals surface area contributed by atoms with Crippen LogP contribution in [-0.4, -0.2) is 29.4 Å². The number of halogens is 1. The predicted octanol–water partition coefficient (Wildman–Crippen LogP) is 3.92. The molecule has 0 aromatic heterocycles. The SMILES string of the molecule is CCCC(CBr)CN(CC(C)C)C1CC1. The minimum atomic E-state index is 0.809. The van der Waals surface area contributed by atoms with Crippen LogP contribution in [0.25, 0.3) is 0 Å². The largest absolute Gasteiger partial charge is 0.300 e. The number of nitrogens with zero attached hydrogens (tertiary/aromatic N) is 1.